The van der Waals surface area contributed by atoms with Gasteiger partial charge in [0.2, 0.25) is 0 Å². The maximum Gasteiger partial charge on any atom is 0.335 e. The van der Waals surface area contributed by atoms with Gasteiger partial charge in [-0.3, -0.25) is 4.21 Å². The molecule has 0 fully saturated rings. The van der Waals surface area contributed by atoms with Gasteiger partial charge < -0.3 is 15.7 Å². The number of carbonyl (C=O) groups excluding carboxylic acids is 1. The van der Waals surface area contributed by atoms with E-state index >= 15 is 0 Å². The Labute approximate surface area is 133 Å². The molecule has 0 saturated heterocycles. The highest BCUT2D eigenvalue weighted by Crippen LogP contribution is 2.23. The summed E-state index contributed by atoms with van der Waals surface area (Å²) in [7, 11) is -0.909. The van der Waals surface area contributed by atoms with E-state index in [4.69, 9.17) is 5.11 Å². The molecule has 116 valence electrons. The number of carboxylic acid groups (broad SMARTS) is 1. The first kappa shape index (κ1) is 17.6. The number of halogens is 1. The van der Waals surface area contributed by atoms with Crippen LogP contribution in [0.2, 0.25) is 0 Å². The monoisotopic (exact) mass is 376 g/mol. The average Bonchev–Trinajstić information content (AvgIpc) is 2.40. The fraction of sp³-hybridized carbons (Fsp3) is 0.385. The molecule has 0 radical (unpaired) electrons. The predicted molar refractivity (Wildman–Crippen MR) is 86.3 cm³/mol. The second-order valence-electron chi connectivity index (χ2n) is 4.48. The first-order valence-corrected chi connectivity index (χ1v) is 8.62. The van der Waals surface area contributed by atoms with Crippen molar-refractivity contribution >= 4 is 44.4 Å². The first-order chi connectivity index (χ1) is 9.81. The van der Waals surface area contributed by atoms with Crippen molar-refractivity contribution in [1.82, 2.24) is 5.32 Å². The second-order valence-corrected chi connectivity index (χ2v) is 7.13. The van der Waals surface area contributed by atoms with E-state index in [9.17, 15) is 13.8 Å². The molecule has 0 aliphatic carbocycles. The molecule has 1 aromatic rings. The van der Waals surface area contributed by atoms with Gasteiger partial charge in [0.1, 0.15) is 0 Å². The number of carboxylic acids is 1. The van der Waals surface area contributed by atoms with Crippen molar-refractivity contribution < 1.29 is 18.9 Å². The fourth-order valence-corrected chi connectivity index (χ4v) is 2.40. The quantitative estimate of drug-likeness (QED) is 0.710. The summed E-state index contributed by atoms with van der Waals surface area (Å²) in [5.74, 6) is -1.03. The van der Waals surface area contributed by atoms with Gasteiger partial charge in [-0.2, -0.15) is 0 Å². The number of benzene rings is 1. The van der Waals surface area contributed by atoms with Crippen LogP contribution in [-0.4, -0.2) is 39.4 Å². The zero-order chi connectivity index (χ0) is 16.0. The summed E-state index contributed by atoms with van der Waals surface area (Å²) >= 11 is 3.21. The molecule has 8 heteroatoms. The van der Waals surface area contributed by atoms with E-state index in [0.717, 1.165) is 0 Å². The Balaban J connectivity index is 2.52. The number of carbonyl (C=O) groups is 2. The Morgan fingerprint density at radius 1 is 1.43 bits per heavy atom. The van der Waals surface area contributed by atoms with Crippen LogP contribution in [0, 0.1) is 0 Å². The van der Waals surface area contributed by atoms with Crippen LogP contribution >= 0.6 is 15.9 Å². The van der Waals surface area contributed by atoms with Crippen LogP contribution in [0.1, 0.15) is 23.7 Å². The number of aromatic carboxylic acids is 1. The van der Waals surface area contributed by atoms with Gasteiger partial charge in [-0.1, -0.05) is 6.92 Å². The molecule has 1 rings (SSSR count). The van der Waals surface area contributed by atoms with E-state index in [1.807, 2.05) is 6.92 Å². The van der Waals surface area contributed by atoms with Gasteiger partial charge in [0.25, 0.3) is 0 Å². The Bertz CT molecular complexity index is 565. The van der Waals surface area contributed by atoms with Crippen molar-refractivity contribution in [2.24, 2.45) is 0 Å². The maximum absolute atomic E-state index is 11.7. The van der Waals surface area contributed by atoms with Crippen LogP contribution in [0.5, 0.6) is 0 Å². The fourth-order valence-electron chi connectivity index (χ4n) is 1.47. The van der Waals surface area contributed by atoms with E-state index in [-0.39, 0.29) is 10.8 Å². The third kappa shape index (κ3) is 5.84. The highest BCUT2D eigenvalue weighted by Gasteiger charge is 2.10. The summed E-state index contributed by atoms with van der Waals surface area (Å²) < 4.78 is 11.7. The van der Waals surface area contributed by atoms with Crippen molar-refractivity contribution in [3.63, 3.8) is 0 Å². The van der Waals surface area contributed by atoms with E-state index in [1.54, 1.807) is 6.26 Å². The number of hydrogen-bond acceptors (Lipinski definition) is 3. The summed E-state index contributed by atoms with van der Waals surface area (Å²) in [6, 6.07) is 3.94. The van der Waals surface area contributed by atoms with E-state index in [0.29, 0.717) is 23.1 Å². The lowest BCUT2D eigenvalue weighted by Gasteiger charge is -2.11. The van der Waals surface area contributed by atoms with E-state index < -0.39 is 22.8 Å². The summed E-state index contributed by atoms with van der Waals surface area (Å²) in [5.41, 5.74) is 0.608. The van der Waals surface area contributed by atoms with E-state index in [1.165, 1.54) is 18.2 Å². The topological polar surface area (TPSA) is 95.5 Å². The van der Waals surface area contributed by atoms with Crippen LogP contribution in [-0.2, 0) is 10.8 Å². The van der Waals surface area contributed by atoms with Crippen molar-refractivity contribution in [1.29, 1.82) is 0 Å². The van der Waals surface area contributed by atoms with Gasteiger partial charge in [0, 0.05) is 33.3 Å². The molecule has 21 heavy (non-hydrogen) atoms. The predicted octanol–water partition coefficient (Wildman–Crippen LogP) is 2.43. The molecule has 6 nitrogen and oxygen atoms in total. The Kier molecular flexibility index (Phi) is 6.83. The van der Waals surface area contributed by atoms with Gasteiger partial charge in [-0.25, -0.2) is 9.59 Å². The second kappa shape index (κ2) is 8.14. The van der Waals surface area contributed by atoms with Crippen LogP contribution < -0.4 is 10.6 Å². The van der Waals surface area contributed by atoms with E-state index in [2.05, 4.69) is 26.6 Å². The molecule has 2 amide bonds. The maximum atomic E-state index is 11.7. The Morgan fingerprint density at radius 2 is 2.10 bits per heavy atom. The lowest BCUT2D eigenvalue weighted by molar-refractivity contribution is 0.0697. The van der Waals surface area contributed by atoms with Gasteiger partial charge in [0.15, 0.2) is 0 Å². The minimum atomic E-state index is -1.03. The Hall–Kier alpha value is -1.41. The number of amides is 2. The molecule has 2 atom stereocenters. The number of anilines is 1. The molecule has 0 aliphatic rings. The summed E-state index contributed by atoms with van der Waals surface area (Å²) in [5, 5.41) is 14.1. The lowest BCUT2D eigenvalue weighted by atomic mass is 10.2. The highest BCUT2D eigenvalue weighted by atomic mass is 79.9. The molecule has 0 saturated carbocycles. The minimum absolute atomic E-state index is 0.0203. The molecular weight excluding hydrogens is 360 g/mol. The summed E-state index contributed by atoms with van der Waals surface area (Å²) in [6.07, 6.45) is 2.25. The lowest BCUT2D eigenvalue weighted by Crippen LogP contribution is -2.31. The van der Waals surface area contributed by atoms with Crippen LogP contribution in [0.3, 0.4) is 0 Å². The van der Waals surface area contributed by atoms with Crippen LogP contribution in [0.15, 0.2) is 22.7 Å². The van der Waals surface area contributed by atoms with Gasteiger partial charge >= 0.3 is 12.0 Å². The van der Waals surface area contributed by atoms with Gasteiger partial charge in [0.05, 0.1) is 11.3 Å². The van der Waals surface area contributed by atoms with Gasteiger partial charge in [-0.15, -0.1) is 0 Å². The van der Waals surface area contributed by atoms with Crippen molar-refractivity contribution in [3.05, 3.63) is 28.2 Å². The average molecular weight is 377 g/mol. The Morgan fingerprint density at radius 3 is 2.62 bits per heavy atom. The largest absolute Gasteiger partial charge is 0.478 e. The molecule has 0 heterocycles. The zero-order valence-electron chi connectivity index (χ0n) is 11.7. The smallest absolute Gasteiger partial charge is 0.335 e. The molecule has 2 unspecified atom stereocenters. The van der Waals surface area contributed by atoms with Gasteiger partial charge in [-0.05, 0) is 40.5 Å². The minimum Gasteiger partial charge on any atom is -0.478 e. The number of nitrogens with one attached hydrogen (secondary N) is 2. The molecule has 0 aromatic heterocycles. The third-order valence-electron chi connectivity index (χ3n) is 2.87. The highest BCUT2D eigenvalue weighted by molar-refractivity contribution is 9.10. The summed E-state index contributed by atoms with van der Waals surface area (Å²) in [6.45, 7) is 2.27. The SMILES string of the molecule is CC(CCNC(=O)Nc1ccc(C(=O)O)cc1Br)S(C)=O. The number of urea groups is 1. The number of rotatable bonds is 6. The molecule has 1 aromatic carbocycles. The molecular formula is C13H17BrN2O4S. The molecule has 0 bridgehead atoms. The van der Waals surface area contributed by atoms with Crippen molar-refractivity contribution in [3.8, 4) is 0 Å². The summed E-state index contributed by atoms with van der Waals surface area (Å²) in [4.78, 5) is 22.5. The van der Waals surface area contributed by atoms with Crippen molar-refractivity contribution in [2.45, 2.75) is 18.6 Å². The molecule has 3 N–H and O–H groups in total. The van der Waals surface area contributed by atoms with Crippen molar-refractivity contribution in [2.75, 3.05) is 18.1 Å². The molecule has 0 spiro atoms. The standard InChI is InChI=1S/C13H17BrN2O4S/c1-8(21(2)20)5-6-15-13(19)16-11-4-3-9(12(17)18)7-10(11)14/h3-4,7-8H,5-6H2,1-2H3,(H,17,18)(H2,15,16,19). The van der Waals surface area contributed by atoms with Crippen LogP contribution in [0.4, 0.5) is 10.5 Å². The zero-order valence-corrected chi connectivity index (χ0v) is 14.1. The van der Waals surface area contributed by atoms with Crippen LogP contribution in [0.25, 0.3) is 0 Å². The first-order valence-electron chi connectivity index (χ1n) is 6.21. The number of hydrogen-bond donors (Lipinski definition) is 3. The third-order valence-corrected chi connectivity index (χ3v) is 4.89. The molecule has 0 aliphatic heterocycles. The normalized spacial score (nSPS) is 13.3.